The molecule has 0 saturated heterocycles. The summed E-state index contributed by atoms with van der Waals surface area (Å²) in [5.74, 6) is -0.0350. The Hall–Kier alpha value is -1.43. The van der Waals surface area contributed by atoms with Crippen LogP contribution < -0.4 is 0 Å². The molecule has 6 nitrogen and oxygen atoms in total. The van der Waals surface area contributed by atoms with Crippen LogP contribution in [0, 0.1) is 0 Å². The highest BCUT2D eigenvalue weighted by Gasteiger charge is 2.21. The summed E-state index contributed by atoms with van der Waals surface area (Å²) >= 11 is 0. The fourth-order valence-electron chi connectivity index (χ4n) is 1.19. The number of hydrogen-bond acceptors (Lipinski definition) is 4. The van der Waals surface area contributed by atoms with Gasteiger partial charge in [-0.1, -0.05) is 5.21 Å². The Bertz CT molecular complexity index is 392. The minimum Gasteiger partial charge on any atom is -0.384 e. The van der Waals surface area contributed by atoms with Crippen LogP contribution in [0.4, 0.5) is 0 Å². The van der Waals surface area contributed by atoms with Crippen molar-refractivity contribution in [3.63, 3.8) is 0 Å². The first kappa shape index (κ1) is 13.6. The molecule has 1 aromatic rings. The number of nitrogens with zero attached hydrogens (tertiary/aromatic N) is 4. The van der Waals surface area contributed by atoms with Gasteiger partial charge in [-0.25, -0.2) is 4.68 Å². The first-order chi connectivity index (χ1) is 7.71. The fraction of sp³-hybridized carbons (Fsp3) is 0.727. The molecular formula is C11H20N4O2. The third-order valence-corrected chi connectivity index (χ3v) is 2.63. The van der Waals surface area contributed by atoms with Gasteiger partial charge in [-0.2, -0.15) is 0 Å². The predicted molar refractivity (Wildman–Crippen MR) is 63.2 cm³/mol. The van der Waals surface area contributed by atoms with Crippen LogP contribution in [-0.4, -0.2) is 44.0 Å². The summed E-state index contributed by atoms with van der Waals surface area (Å²) in [6.45, 7) is 7.29. The number of carbonyl (C=O) groups excluding carboxylic acids is 1. The van der Waals surface area contributed by atoms with E-state index in [0.717, 1.165) is 0 Å². The van der Waals surface area contributed by atoms with Gasteiger partial charge in [0.1, 0.15) is 17.8 Å². The molecule has 1 N–H and O–H groups in total. The van der Waals surface area contributed by atoms with E-state index in [1.54, 1.807) is 32.0 Å². The molecule has 0 fully saturated rings. The zero-order chi connectivity index (χ0) is 13.2. The number of hydrogen-bond donors (Lipinski definition) is 1. The third-order valence-electron chi connectivity index (χ3n) is 2.63. The quantitative estimate of drug-likeness (QED) is 0.825. The van der Waals surface area contributed by atoms with Crippen molar-refractivity contribution < 1.29 is 9.90 Å². The molecule has 0 aromatic carbocycles. The lowest BCUT2D eigenvalue weighted by atomic mass is 10.1. The monoisotopic (exact) mass is 240 g/mol. The lowest BCUT2D eigenvalue weighted by molar-refractivity contribution is -0.132. The maximum Gasteiger partial charge on any atom is 0.244 e. The van der Waals surface area contributed by atoms with Crippen LogP contribution in [0.5, 0.6) is 0 Å². The summed E-state index contributed by atoms with van der Waals surface area (Å²) < 4.78 is 1.44. The van der Waals surface area contributed by atoms with Gasteiger partial charge in [-0.3, -0.25) is 4.79 Å². The Morgan fingerprint density at radius 1 is 1.59 bits per heavy atom. The smallest absolute Gasteiger partial charge is 0.244 e. The molecule has 1 amide bonds. The molecule has 0 aliphatic carbocycles. The van der Waals surface area contributed by atoms with Gasteiger partial charge in [-0.15, -0.1) is 5.10 Å². The zero-order valence-electron chi connectivity index (χ0n) is 11.0. The number of rotatable bonds is 4. The van der Waals surface area contributed by atoms with E-state index in [1.165, 1.54) is 4.68 Å². The highest BCUT2D eigenvalue weighted by molar-refractivity contribution is 5.75. The third kappa shape index (κ3) is 3.52. The lowest BCUT2D eigenvalue weighted by Crippen LogP contribution is -2.35. The van der Waals surface area contributed by atoms with Crippen LogP contribution >= 0.6 is 0 Å². The van der Waals surface area contributed by atoms with Gasteiger partial charge in [0.05, 0.1) is 6.20 Å². The number of amides is 1. The summed E-state index contributed by atoms with van der Waals surface area (Å²) in [4.78, 5) is 13.4. The Morgan fingerprint density at radius 3 is 2.59 bits per heavy atom. The minimum atomic E-state index is -1.04. The summed E-state index contributed by atoms with van der Waals surface area (Å²) in [7, 11) is 1.75. The molecule has 0 aliphatic heterocycles. The summed E-state index contributed by atoms with van der Waals surface area (Å²) in [5, 5.41) is 17.4. The highest BCUT2D eigenvalue weighted by atomic mass is 16.3. The first-order valence-electron chi connectivity index (χ1n) is 5.60. The van der Waals surface area contributed by atoms with Gasteiger partial charge in [0.25, 0.3) is 0 Å². The van der Waals surface area contributed by atoms with Gasteiger partial charge < -0.3 is 10.0 Å². The topological polar surface area (TPSA) is 71.2 Å². The molecule has 0 unspecified atom stereocenters. The maximum atomic E-state index is 11.8. The minimum absolute atomic E-state index is 0.0350. The van der Waals surface area contributed by atoms with Crippen LogP contribution in [0.15, 0.2) is 6.20 Å². The Morgan fingerprint density at radius 2 is 2.18 bits per heavy atom. The molecule has 1 aromatic heterocycles. The first-order valence-corrected chi connectivity index (χ1v) is 5.60. The van der Waals surface area contributed by atoms with Gasteiger partial charge in [0.15, 0.2) is 0 Å². The normalized spacial score (nSPS) is 11.9. The van der Waals surface area contributed by atoms with Gasteiger partial charge >= 0.3 is 0 Å². The molecular weight excluding hydrogens is 220 g/mol. The van der Waals surface area contributed by atoms with E-state index in [9.17, 15) is 9.90 Å². The zero-order valence-corrected chi connectivity index (χ0v) is 11.0. The SMILES string of the molecule is CC(C)N(C)C(=O)Cn1cc(C(C)(C)O)nn1. The maximum absolute atomic E-state index is 11.8. The Balaban J connectivity index is 2.71. The largest absolute Gasteiger partial charge is 0.384 e. The lowest BCUT2D eigenvalue weighted by Gasteiger charge is -2.21. The summed E-state index contributed by atoms with van der Waals surface area (Å²) in [5.41, 5.74) is -0.580. The van der Waals surface area contributed by atoms with Crippen molar-refractivity contribution in [3.8, 4) is 0 Å². The van der Waals surface area contributed by atoms with E-state index in [2.05, 4.69) is 10.3 Å². The predicted octanol–water partition coefficient (Wildman–Crippen LogP) is 0.372. The van der Waals surface area contributed by atoms with Crippen LogP contribution in [-0.2, 0) is 16.9 Å². The molecule has 1 rings (SSSR count). The van der Waals surface area contributed by atoms with Gasteiger partial charge in [-0.05, 0) is 27.7 Å². The van der Waals surface area contributed by atoms with E-state index in [0.29, 0.717) is 5.69 Å². The van der Waals surface area contributed by atoms with Crippen molar-refractivity contribution in [2.75, 3.05) is 7.05 Å². The van der Waals surface area contributed by atoms with Crippen LogP contribution in [0.25, 0.3) is 0 Å². The molecule has 0 atom stereocenters. The van der Waals surface area contributed by atoms with E-state index >= 15 is 0 Å². The molecule has 1 heterocycles. The average Bonchev–Trinajstić information content (AvgIpc) is 2.64. The van der Waals surface area contributed by atoms with Crippen molar-refractivity contribution >= 4 is 5.91 Å². The second-order valence-electron chi connectivity index (χ2n) is 4.96. The number of aliphatic hydroxyl groups is 1. The molecule has 17 heavy (non-hydrogen) atoms. The summed E-state index contributed by atoms with van der Waals surface area (Å²) in [6, 6.07) is 0.153. The van der Waals surface area contributed by atoms with E-state index in [1.807, 2.05) is 13.8 Å². The van der Waals surface area contributed by atoms with Crippen molar-refractivity contribution in [2.24, 2.45) is 0 Å². The van der Waals surface area contributed by atoms with Gasteiger partial charge in [0.2, 0.25) is 5.91 Å². The molecule has 0 bridgehead atoms. The second kappa shape index (κ2) is 4.83. The Labute approximate surface area is 101 Å². The molecule has 96 valence electrons. The van der Waals surface area contributed by atoms with Crippen molar-refractivity contribution in [3.05, 3.63) is 11.9 Å². The summed E-state index contributed by atoms with van der Waals surface area (Å²) in [6.07, 6.45) is 1.59. The van der Waals surface area contributed by atoms with Crippen molar-refractivity contribution in [2.45, 2.75) is 45.9 Å². The molecule has 0 aliphatic rings. The number of likely N-dealkylation sites (N-methyl/N-ethyl adjacent to an activating group) is 1. The van der Waals surface area contributed by atoms with Crippen LogP contribution in [0.1, 0.15) is 33.4 Å². The van der Waals surface area contributed by atoms with Crippen LogP contribution in [0.2, 0.25) is 0 Å². The fourth-order valence-corrected chi connectivity index (χ4v) is 1.19. The second-order valence-corrected chi connectivity index (χ2v) is 4.96. The van der Waals surface area contributed by atoms with E-state index in [-0.39, 0.29) is 18.5 Å². The molecule has 0 spiro atoms. The standard InChI is InChI=1S/C11H20N4O2/c1-8(2)14(5)10(16)7-15-6-9(12-13-15)11(3,4)17/h6,8,17H,7H2,1-5H3. The molecule has 0 saturated carbocycles. The van der Waals surface area contributed by atoms with Crippen LogP contribution in [0.3, 0.4) is 0 Å². The van der Waals surface area contributed by atoms with E-state index < -0.39 is 5.60 Å². The molecule has 6 heteroatoms. The average molecular weight is 240 g/mol. The number of aromatic nitrogens is 3. The number of carbonyl (C=O) groups is 1. The van der Waals surface area contributed by atoms with E-state index in [4.69, 9.17) is 0 Å². The van der Waals surface area contributed by atoms with Gasteiger partial charge in [0, 0.05) is 13.1 Å². The highest BCUT2D eigenvalue weighted by Crippen LogP contribution is 2.15. The Kier molecular flexibility index (Phi) is 3.87. The van der Waals surface area contributed by atoms with Crippen molar-refractivity contribution in [1.29, 1.82) is 0 Å². The van der Waals surface area contributed by atoms with Crippen molar-refractivity contribution in [1.82, 2.24) is 19.9 Å². The molecule has 0 radical (unpaired) electrons.